The second-order valence-corrected chi connectivity index (χ2v) is 5.11. The van der Waals surface area contributed by atoms with Crippen LogP contribution >= 0.6 is 0 Å². The molecule has 0 fully saturated rings. The van der Waals surface area contributed by atoms with Crippen LogP contribution in [0.4, 0.5) is 0 Å². The normalized spacial score (nSPS) is 12.0. The number of aromatic nitrogens is 4. The lowest BCUT2D eigenvalue weighted by Crippen LogP contribution is -2.14. The van der Waals surface area contributed by atoms with Gasteiger partial charge in [0, 0.05) is 18.0 Å². The smallest absolute Gasteiger partial charge is 0.182 e. The van der Waals surface area contributed by atoms with E-state index in [0.717, 1.165) is 11.1 Å². The summed E-state index contributed by atoms with van der Waals surface area (Å²) in [5.74, 6) is 2.45. The lowest BCUT2D eigenvalue weighted by Gasteiger charge is -2.14. The number of hydrogen-bond donors (Lipinski definition) is 2. The molecule has 0 aliphatic heterocycles. The Morgan fingerprint density at radius 3 is 2.83 bits per heavy atom. The van der Waals surface area contributed by atoms with Crippen LogP contribution in [-0.2, 0) is 0 Å². The highest BCUT2D eigenvalue weighted by Crippen LogP contribution is 2.31. The summed E-state index contributed by atoms with van der Waals surface area (Å²) < 4.78 is 10.9. The topological polar surface area (TPSA) is 98.9 Å². The third-order valence-electron chi connectivity index (χ3n) is 3.56. The maximum Gasteiger partial charge on any atom is 0.182 e. The van der Waals surface area contributed by atoms with E-state index in [0.29, 0.717) is 29.8 Å². The Bertz CT molecular complexity index is 804. The number of nitrogens with one attached hydrogen (secondary N) is 1. The molecule has 0 radical (unpaired) electrons. The van der Waals surface area contributed by atoms with Crippen molar-refractivity contribution < 1.29 is 9.47 Å². The van der Waals surface area contributed by atoms with Gasteiger partial charge in [0.05, 0.1) is 19.8 Å². The maximum atomic E-state index is 6.32. The van der Waals surface area contributed by atoms with E-state index in [9.17, 15) is 0 Å². The number of methoxy groups -OCH3 is 1. The minimum Gasteiger partial charge on any atom is -0.493 e. The van der Waals surface area contributed by atoms with E-state index in [1.165, 1.54) is 0 Å². The molecular formula is C17H19N5O2. The van der Waals surface area contributed by atoms with Crippen LogP contribution in [0, 0.1) is 0 Å². The summed E-state index contributed by atoms with van der Waals surface area (Å²) >= 11 is 0. The first kappa shape index (κ1) is 15.9. The molecule has 0 amide bonds. The van der Waals surface area contributed by atoms with Gasteiger partial charge in [-0.2, -0.15) is 5.10 Å². The highest BCUT2D eigenvalue weighted by atomic mass is 16.5. The molecule has 124 valence electrons. The second kappa shape index (κ2) is 7.10. The molecule has 0 saturated heterocycles. The Kier molecular flexibility index (Phi) is 4.72. The Balaban J connectivity index is 1.88. The van der Waals surface area contributed by atoms with Crippen molar-refractivity contribution in [1.82, 2.24) is 20.2 Å². The van der Waals surface area contributed by atoms with Gasteiger partial charge in [-0.1, -0.05) is 6.07 Å². The number of ether oxygens (including phenoxy) is 2. The van der Waals surface area contributed by atoms with Crippen LogP contribution in [0.25, 0.3) is 11.4 Å². The van der Waals surface area contributed by atoms with E-state index in [4.69, 9.17) is 15.2 Å². The average molecular weight is 325 g/mol. The molecule has 3 N–H and O–H groups in total. The van der Waals surface area contributed by atoms with Crippen molar-refractivity contribution >= 4 is 0 Å². The Labute approximate surface area is 139 Å². The van der Waals surface area contributed by atoms with E-state index >= 15 is 0 Å². The zero-order valence-corrected chi connectivity index (χ0v) is 13.6. The van der Waals surface area contributed by atoms with Gasteiger partial charge in [0.2, 0.25) is 0 Å². The van der Waals surface area contributed by atoms with Crippen LogP contribution in [0.1, 0.15) is 24.4 Å². The number of H-pyrrole nitrogens is 1. The molecule has 0 aliphatic rings. The number of pyridine rings is 1. The standard InChI is InChI=1S/C17H19N5O2/c1-3-24-14-9-11(6-7-13(14)23-2)15(18)17-20-16(21-22-17)12-5-4-8-19-10-12/h4-10,15H,3,18H2,1-2H3,(H,20,21,22)/t15-/m0/s1. The fourth-order valence-electron chi connectivity index (χ4n) is 2.35. The summed E-state index contributed by atoms with van der Waals surface area (Å²) in [6, 6.07) is 8.86. The quantitative estimate of drug-likeness (QED) is 0.721. The predicted octanol–water partition coefficient (Wildman–Crippen LogP) is 2.32. The Morgan fingerprint density at radius 2 is 2.12 bits per heavy atom. The van der Waals surface area contributed by atoms with Crippen molar-refractivity contribution in [1.29, 1.82) is 0 Å². The lowest BCUT2D eigenvalue weighted by atomic mass is 10.1. The number of aromatic amines is 1. The van der Waals surface area contributed by atoms with Gasteiger partial charge in [0.15, 0.2) is 17.3 Å². The van der Waals surface area contributed by atoms with Gasteiger partial charge in [-0.15, -0.1) is 0 Å². The van der Waals surface area contributed by atoms with E-state index in [2.05, 4.69) is 20.2 Å². The first-order valence-corrected chi connectivity index (χ1v) is 7.62. The van der Waals surface area contributed by atoms with E-state index in [1.54, 1.807) is 19.5 Å². The third kappa shape index (κ3) is 3.21. The van der Waals surface area contributed by atoms with Crippen molar-refractivity contribution in [2.45, 2.75) is 13.0 Å². The van der Waals surface area contributed by atoms with Crippen LogP contribution in [0.3, 0.4) is 0 Å². The van der Waals surface area contributed by atoms with Crippen molar-refractivity contribution in [2.24, 2.45) is 5.73 Å². The third-order valence-corrected chi connectivity index (χ3v) is 3.56. The fourth-order valence-corrected chi connectivity index (χ4v) is 2.35. The molecule has 3 aromatic rings. The zero-order chi connectivity index (χ0) is 16.9. The number of nitrogens with two attached hydrogens (primary N) is 1. The van der Waals surface area contributed by atoms with Gasteiger partial charge >= 0.3 is 0 Å². The first-order valence-electron chi connectivity index (χ1n) is 7.62. The number of nitrogens with zero attached hydrogens (tertiary/aromatic N) is 3. The molecule has 24 heavy (non-hydrogen) atoms. The van der Waals surface area contributed by atoms with E-state index in [-0.39, 0.29) is 0 Å². The molecule has 7 heteroatoms. The summed E-state index contributed by atoms with van der Waals surface area (Å²) in [6.45, 7) is 2.46. The molecule has 3 rings (SSSR count). The minimum absolute atomic E-state index is 0.451. The van der Waals surface area contributed by atoms with Crippen LogP contribution in [-0.4, -0.2) is 33.9 Å². The van der Waals surface area contributed by atoms with Gasteiger partial charge in [0.1, 0.15) is 5.82 Å². The monoisotopic (exact) mass is 325 g/mol. The van der Waals surface area contributed by atoms with Crippen LogP contribution in [0.5, 0.6) is 11.5 Å². The summed E-state index contributed by atoms with van der Waals surface area (Å²) in [6.07, 6.45) is 3.41. The lowest BCUT2D eigenvalue weighted by molar-refractivity contribution is 0.310. The van der Waals surface area contributed by atoms with Gasteiger partial charge < -0.3 is 15.2 Å². The molecule has 0 spiro atoms. The van der Waals surface area contributed by atoms with Gasteiger partial charge in [0.25, 0.3) is 0 Å². The van der Waals surface area contributed by atoms with Gasteiger partial charge in [-0.25, -0.2) is 4.98 Å². The summed E-state index contributed by atoms with van der Waals surface area (Å²) in [5, 5.41) is 7.11. The Hall–Kier alpha value is -2.93. The zero-order valence-electron chi connectivity index (χ0n) is 13.6. The summed E-state index contributed by atoms with van der Waals surface area (Å²) in [5.41, 5.74) is 8.00. The summed E-state index contributed by atoms with van der Waals surface area (Å²) in [4.78, 5) is 8.54. The Morgan fingerprint density at radius 1 is 1.25 bits per heavy atom. The van der Waals surface area contributed by atoms with E-state index in [1.807, 2.05) is 37.3 Å². The molecule has 2 aromatic heterocycles. The SMILES string of the molecule is CCOc1cc([C@H](N)c2nc(-c3cccnc3)n[nH]2)ccc1OC. The highest BCUT2D eigenvalue weighted by molar-refractivity contribution is 5.52. The largest absolute Gasteiger partial charge is 0.493 e. The number of benzene rings is 1. The molecule has 0 aliphatic carbocycles. The van der Waals surface area contributed by atoms with Crippen molar-refractivity contribution in [3.05, 3.63) is 54.1 Å². The average Bonchev–Trinajstić information content (AvgIpc) is 3.12. The van der Waals surface area contributed by atoms with Crippen molar-refractivity contribution in [3.63, 3.8) is 0 Å². The molecule has 0 unspecified atom stereocenters. The molecule has 0 saturated carbocycles. The minimum atomic E-state index is -0.451. The maximum absolute atomic E-state index is 6.32. The summed E-state index contributed by atoms with van der Waals surface area (Å²) in [7, 11) is 1.61. The second-order valence-electron chi connectivity index (χ2n) is 5.11. The molecule has 2 heterocycles. The predicted molar refractivity (Wildman–Crippen MR) is 89.8 cm³/mol. The molecule has 1 atom stereocenters. The van der Waals surface area contributed by atoms with Crippen molar-refractivity contribution in [2.75, 3.05) is 13.7 Å². The van der Waals surface area contributed by atoms with E-state index < -0.39 is 6.04 Å². The number of hydrogen-bond acceptors (Lipinski definition) is 6. The van der Waals surface area contributed by atoms with Crippen LogP contribution < -0.4 is 15.2 Å². The number of rotatable bonds is 6. The van der Waals surface area contributed by atoms with Crippen LogP contribution in [0.15, 0.2) is 42.7 Å². The highest BCUT2D eigenvalue weighted by Gasteiger charge is 2.17. The van der Waals surface area contributed by atoms with Crippen molar-refractivity contribution in [3.8, 4) is 22.9 Å². The first-order chi connectivity index (χ1) is 11.7. The molecular weight excluding hydrogens is 306 g/mol. The molecule has 7 nitrogen and oxygen atoms in total. The fraction of sp³-hybridized carbons (Fsp3) is 0.235. The van der Waals surface area contributed by atoms with Crippen LogP contribution in [0.2, 0.25) is 0 Å². The van der Waals surface area contributed by atoms with Gasteiger partial charge in [-0.05, 0) is 36.8 Å². The van der Waals surface area contributed by atoms with Gasteiger partial charge in [-0.3, -0.25) is 10.1 Å². The molecule has 0 bridgehead atoms. The molecule has 1 aromatic carbocycles.